The summed E-state index contributed by atoms with van der Waals surface area (Å²) < 4.78 is 62.6. The molecule has 2 aliphatic heterocycles. The maximum atomic E-state index is 14.8. The fourth-order valence-corrected chi connectivity index (χ4v) is 14.0. The molecule has 0 amide bonds. The van der Waals surface area contributed by atoms with Gasteiger partial charge in [0.1, 0.15) is 48.8 Å². The van der Waals surface area contributed by atoms with E-state index < -0.39 is 108 Å². The molecule has 8 N–H and O–H groups in total. The maximum Gasteiger partial charge on any atom is 1.00 e. The first-order chi connectivity index (χ1) is 27.8. The molecule has 19 atom stereocenters. The van der Waals surface area contributed by atoms with Gasteiger partial charge in [0.15, 0.2) is 6.29 Å². The molecule has 344 valence electrons. The number of allylic oxidation sites excluding steroid dienone is 2. The SMILES string of the molecule is CC1(C)CC[C@]2(C(=O)O[C@@H]3O[C@H](CO[C@@H]4O[C@H](CO)[C@@H](O)[C@H](O)[C@H]4O)[C@@H](O)[C@H](O)[C@H]3O)CCC3(C)C(=CCC4[C@@]5(C)CC[C@H](O)[C@@](C)(COS(=O)(=O)[O-])C5CC[C@]43C)[C@@H]2C1.[Na+]. The van der Waals surface area contributed by atoms with E-state index in [1.165, 1.54) is 5.57 Å². The number of fused-ring (bicyclic) bond motifs is 7. The molecule has 0 radical (unpaired) electrons. The molecule has 3 unspecified atom stereocenters. The Bertz CT molecular complexity index is 1770. The van der Waals surface area contributed by atoms with E-state index in [9.17, 15) is 58.6 Å². The zero-order chi connectivity index (χ0) is 44.2. The predicted molar refractivity (Wildman–Crippen MR) is 208 cm³/mol. The summed E-state index contributed by atoms with van der Waals surface area (Å²) in [6.07, 6.45) is -8.44. The molecular formula is C42H67NaO17S. The van der Waals surface area contributed by atoms with E-state index in [0.717, 1.165) is 19.3 Å². The topological polar surface area (TPSA) is 282 Å². The average Bonchev–Trinajstić information content (AvgIpc) is 3.18. The predicted octanol–water partition coefficient (Wildman–Crippen LogP) is -2.22. The summed E-state index contributed by atoms with van der Waals surface area (Å²) in [6.45, 7) is 11.5. The number of aliphatic hydroxyl groups is 8. The number of carbonyl (C=O) groups excluding carboxylic acids is 1. The van der Waals surface area contributed by atoms with Gasteiger partial charge in [0.2, 0.25) is 16.7 Å². The first-order valence-electron chi connectivity index (χ1n) is 21.6. The monoisotopic (exact) mass is 898 g/mol. The summed E-state index contributed by atoms with van der Waals surface area (Å²) in [6, 6.07) is 0. The average molecular weight is 899 g/mol. The van der Waals surface area contributed by atoms with E-state index in [1.807, 2.05) is 6.92 Å². The van der Waals surface area contributed by atoms with Crippen LogP contribution >= 0.6 is 0 Å². The normalized spacial score (nSPS) is 50.7. The van der Waals surface area contributed by atoms with Gasteiger partial charge < -0.3 is 64.4 Å². The van der Waals surface area contributed by atoms with E-state index in [-0.39, 0.29) is 75.6 Å². The third-order valence-corrected chi connectivity index (χ3v) is 17.9. The van der Waals surface area contributed by atoms with Crippen molar-refractivity contribution in [2.45, 2.75) is 173 Å². The molecule has 5 aliphatic carbocycles. The number of hydrogen-bond donors (Lipinski definition) is 8. The fourth-order valence-electron chi connectivity index (χ4n) is 13.6. The van der Waals surface area contributed by atoms with E-state index >= 15 is 0 Å². The van der Waals surface area contributed by atoms with Crippen LogP contribution < -0.4 is 29.6 Å². The summed E-state index contributed by atoms with van der Waals surface area (Å²) in [5.74, 6) is -0.780. The van der Waals surface area contributed by atoms with Gasteiger partial charge in [-0.3, -0.25) is 8.98 Å². The fraction of sp³-hybridized carbons (Fsp3) is 0.929. The van der Waals surface area contributed by atoms with Crippen molar-refractivity contribution in [3.05, 3.63) is 11.6 Å². The molecular weight excluding hydrogens is 832 g/mol. The first-order valence-corrected chi connectivity index (χ1v) is 22.9. The molecule has 17 nitrogen and oxygen atoms in total. The molecule has 0 aromatic heterocycles. The van der Waals surface area contributed by atoms with Crippen molar-refractivity contribution < 1.29 is 111 Å². The van der Waals surface area contributed by atoms with Crippen molar-refractivity contribution in [1.29, 1.82) is 0 Å². The zero-order valence-electron chi connectivity index (χ0n) is 36.5. The number of ether oxygens (including phenoxy) is 4. The van der Waals surface area contributed by atoms with Crippen LogP contribution in [0.3, 0.4) is 0 Å². The van der Waals surface area contributed by atoms with Gasteiger partial charge in [-0.1, -0.05) is 53.2 Å². The van der Waals surface area contributed by atoms with Gasteiger partial charge in [-0.25, -0.2) is 8.42 Å². The second-order valence-corrected chi connectivity index (χ2v) is 22.1. The van der Waals surface area contributed by atoms with Crippen LogP contribution in [-0.4, -0.2) is 147 Å². The summed E-state index contributed by atoms with van der Waals surface area (Å²) in [5, 5.41) is 84.5. The molecule has 6 fully saturated rings. The Kier molecular flexibility index (Phi) is 14.3. The minimum atomic E-state index is -4.97. The third kappa shape index (κ3) is 8.29. The number of aliphatic hydroxyl groups excluding tert-OH is 8. The number of hydrogen-bond acceptors (Lipinski definition) is 17. The molecule has 4 saturated carbocycles. The Morgan fingerprint density at radius 3 is 2.03 bits per heavy atom. The van der Waals surface area contributed by atoms with Crippen molar-refractivity contribution in [2.24, 2.45) is 50.2 Å². The van der Waals surface area contributed by atoms with E-state index in [1.54, 1.807) is 0 Å². The van der Waals surface area contributed by atoms with E-state index in [4.69, 9.17) is 23.1 Å². The minimum absolute atomic E-state index is 0. The zero-order valence-corrected chi connectivity index (χ0v) is 39.3. The van der Waals surface area contributed by atoms with Crippen LogP contribution in [0.4, 0.5) is 0 Å². The first kappa shape index (κ1) is 50.1. The van der Waals surface area contributed by atoms with Crippen molar-refractivity contribution in [1.82, 2.24) is 0 Å². The van der Waals surface area contributed by atoms with Crippen LogP contribution in [0.1, 0.15) is 106 Å². The molecule has 0 aromatic rings. The Morgan fingerprint density at radius 1 is 0.787 bits per heavy atom. The van der Waals surface area contributed by atoms with Gasteiger partial charge in [0.05, 0.1) is 31.3 Å². The van der Waals surface area contributed by atoms with Crippen LogP contribution in [0.25, 0.3) is 0 Å². The summed E-state index contributed by atoms with van der Waals surface area (Å²) in [4.78, 5) is 14.8. The molecule has 0 aromatic carbocycles. The van der Waals surface area contributed by atoms with Crippen molar-refractivity contribution in [3.63, 3.8) is 0 Å². The summed E-state index contributed by atoms with van der Waals surface area (Å²) >= 11 is 0. The van der Waals surface area contributed by atoms with Gasteiger partial charge in [-0.05, 0) is 104 Å². The molecule has 0 spiro atoms. The third-order valence-electron chi connectivity index (χ3n) is 17.5. The number of carbonyl (C=O) groups is 1. The molecule has 0 bridgehead atoms. The molecule has 7 rings (SSSR count). The van der Waals surface area contributed by atoms with E-state index in [0.29, 0.717) is 44.9 Å². The van der Waals surface area contributed by atoms with Crippen molar-refractivity contribution >= 4 is 16.4 Å². The van der Waals surface area contributed by atoms with Crippen LogP contribution in [0.15, 0.2) is 11.6 Å². The minimum Gasteiger partial charge on any atom is -0.726 e. The molecule has 61 heavy (non-hydrogen) atoms. The Labute approximate surface area is 380 Å². The van der Waals surface area contributed by atoms with Crippen LogP contribution in [0, 0.1) is 50.2 Å². The second-order valence-electron chi connectivity index (χ2n) is 21.1. The molecule has 2 saturated heterocycles. The van der Waals surface area contributed by atoms with Crippen molar-refractivity contribution in [2.75, 3.05) is 19.8 Å². The van der Waals surface area contributed by atoms with Crippen molar-refractivity contribution in [3.8, 4) is 0 Å². The molecule has 2 heterocycles. The number of rotatable bonds is 9. The quantitative estimate of drug-likeness (QED) is 0.0400. The van der Waals surface area contributed by atoms with Gasteiger partial charge in [0.25, 0.3) is 0 Å². The largest absolute Gasteiger partial charge is 1.00 e. The van der Waals surface area contributed by atoms with Crippen LogP contribution in [0.5, 0.6) is 0 Å². The summed E-state index contributed by atoms with van der Waals surface area (Å²) in [5.41, 5.74) is -1.77. The second kappa shape index (κ2) is 17.4. The standard InChI is InChI=1S/C42H68O17S.Na/c1-37(2)13-15-42(36(51)59-35-33(50)31(48)29(46)24(58-35)19-55-34-32(49)30(47)28(45)23(18-43)57-34)16-14-40(5)21(22(42)17-37)7-8-26-38(3)11-10-27(44)39(4,20-56-60(52,53)54)25(38)9-12-41(26,40)6;/h7,22-35,43-50H,8-20H2,1-6H3,(H,52,53,54);/q;+1/p-1/t22-,23+,24+,25?,26?,27-,28+,29+,30-,31-,32+,33+,34+,35-,38-,39-,40?,41+,42-;/m0./s1. The number of esters is 1. The molecule has 19 heteroatoms. The van der Waals surface area contributed by atoms with Gasteiger partial charge in [0, 0.05) is 5.41 Å². The van der Waals surface area contributed by atoms with E-state index in [2.05, 4.69) is 40.7 Å². The Hall–Kier alpha value is -0.360. The van der Waals surface area contributed by atoms with Gasteiger partial charge in [-0.15, -0.1) is 0 Å². The van der Waals surface area contributed by atoms with Crippen LogP contribution in [0.2, 0.25) is 0 Å². The van der Waals surface area contributed by atoms with Crippen LogP contribution in [-0.2, 0) is 38.3 Å². The maximum absolute atomic E-state index is 14.8. The van der Waals surface area contributed by atoms with Gasteiger partial charge >= 0.3 is 35.5 Å². The molecule has 7 aliphatic rings. The van der Waals surface area contributed by atoms with Gasteiger partial charge in [-0.2, -0.15) is 0 Å². The summed E-state index contributed by atoms with van der Waals surface area (Å²) in [7, 11) is -4.97. The Balaban J connectivity index is 0.00000622. The smallest absolute Gasteiger partial charge is 0.726 e. The Morgan fingerprint density at radius 2 is 1.39 bits per heavy atom.